The number of benzene rings is 2. The molecule has 2 aromatic rings. The van der Waals surface area contributed by atoms with Gasteiger partial charge in [0.15, 0.2) is 11.5 Å². The van der Waals surface area contributed by atoms with Crippen LogP contribution in [0.3, 0.4) is 0 Å². The maximum absolute atomic E-state index is 10.7. The van der Waals surface area contributed by atoms with Gasteiger partial charge in [-0.1, -0.05) is 24.3 Å². The van der Waals surface area contributed by atoms with Gasteiger partial charge in [0.2, 0.25) is 0 Å². The minimum atomic E-state index is -0.366. The van der Waals surface area contributed by atoms with Crippen LogP contribution in [0.2, 0.25) is 0 Å². The second kappa shape index (κ2) is 8.83. The minimum Gasteiger partial charge on any atom is -0.493 e. The molecule has 0 saturated carbocycles. The number of hydrogen-bond donors (Lipinski definition) is 0. The third-order valence-corrected chi connectivity index (χ3v) is 4.90. The van der Waals surface area contributed by atoms with Crippen LogP contribution in [0.25, 0.3) is 0 Å². The molecule has 3 rings (SSSR count). The molecule has 1 heterocycles. The van der Waals surface area contributed by atoms with Crippen LogP contribution in [0.1, 0.15) is 11.1 Å². The molecular weight excluding hydrogens is 346 g/mol. The highest BCUT2D eigenvalue weighted by molar-refractivity contribution is 5.46. The van der Waals surface area contributed by atoms with Crippen LogP contribution in [-0.4, -0.2) is 55.1 Å². The Balaban J connectivity index is 1.54. The van der Waals surface area contributed by atoms with Crippen molar-refractivity contribution in [1.82, 2.24) is 9.80 Å². The maximum atomic E-state index is 10.7. The number of piperazine rings is 1. The Bertz CT molecular complexity index is 771. The number of para-hydroxylation sites is 1. The van der Waals surface area contributed by atoms with Crippen LogP contribution in [-0.2, 0) is 13.1 Å². The lowest BCUT2D eigenvalue weighted by molar-refractivity contribution is -0.384. The Morgan fingerprint density at radius 3 is 2.11 bits per heavy atom. The third-order valence-electron chi connectivity index (χ3n) is 4.90. The maximum Gasteiger partial charge on any atom is 0.269 e. The first-order chi connectivity index (χ1) is 13.1. The van der Waals surface area contributed by atoms with E-state index in [0.29, 0.717) is 0 Å². The molecule has 0 atom stereocenters. The molecule has 0 aliphatic carbocycles. The highest BCUT2D eigenvalue weighted by Gasteiger charge is 2.19. The third kappa shape index (κ3) is 4.75. The van der Waals surface area contributed by atoms with Gasteiger partial charge in [-0.05, 0) is 11.6 Å². The van der Waals surface area contributed by atoms with Crippen molar-refractivity contribution in [2.45, 2.75) is 13.1 Å². The summed E-state index contributed by atoms with van der Waals surface area (Å²) in [6.45, 7) is 5.49. The average molecular weight is 371 g/mol. The summed E-state index contributed by atoms with van der Waals surface area (Å²) in [7, 11) is 3.32. The Morgan fingerprint density at radius 1 is 0.926 bits per heavy atom. The number of rotatable bonds is 7. The fraction of sp³-hybridized carbons (Fsp3) is 0.400. The van der Waals surface area contributed by atoms with Crippen molar-refractivity contribution in [3.8, 4) is 11.5 Å². The van der Waals surface area contributed by atoms with Gasteiger partial charge in [-0.25, -0.2) is 0 Å². The van der Waals surface area contributed by atoms with E-state index in [4.69, 9.17) is 9.47 Å². The molecule has 0 radical (unpaired) electrons. The lowest BCUT2D eigenvalue weighted by Crippen LogP contribution is -2.45. The van der Waals surface area contributed by atoms with Gasteiger partial charge >= 0.3 is 0 Å². The van der Waals surface area contributed by atoms with Gasteiger partial charge in [0.05, 0.1) is 19.1 Å². The summed E-state index contributed by atoms with van der Waals surface area (Å²) < 4.78 is 10.9. The first-order valence-corrected chi connectivity index (χ1v) is 8.98. The number of ether oxygens (including phenoxy) is 2. The summed E-state index contributed by atoms with van der Waals surface area (Å²) in [6.07, 6.45) is 0. The largest absolute Gasteiger partial charge is 0.493 e. The predicted octanol–water partition coefficient (Wildman–Crippen LogP) is 2.93. The number of hydrogen-bond acceptors (Lipinski definition) is 6. The number of non-ortho nitro benzene ring substituents is 1. The lowest BCUT2D eigenvalue weighted by atomic mass is 10.1. The normalized spacial score (nSPS) is 15.5. The van der Waals surface area contributed by atoms with Gasteiger partial charge in [0, 0.05) is 57.0 Å². The molecule has 27 heavy (non-hydrogen) atoms. The highest BCUT2D eigenvalue weighted by atomic mass is 16.6. The molecule has 0 unspecified atom stereocenters. The van der Waals surface area contributed by atoms with Gasteiger partial charge in [-0.15, -0.1) is 0 Å². The van der Waals surface area contributed by atoms with E-state index in [1.807, 2.05) is 24.3 Å². The zero-order valence-electron chi connectivity index (χ0n) is 15.8. The summed E-state index contributed by atoms with van der Waals surface area (Å²) >= 11 is 0. The van der Waals surface area contributed by atoms with E-state index >= 15 is 0 Å². The van der Waals surface area contributed by atoms with Crippen LogP contribution < -0.4 is 9.47 Å². The van der Waals surface area contributed by atoms with Gasteiger partial charge in [0.1, 0.15) is 0 Å². The molecule has 144 valence electrons. The van der Waals surface area contributed by atoms with E-state index in [2.05, 4.69) is 15.9 Å². The Morgan fingerprint density at radius 2 is 1.56 bits per heavy atom. The van der Waals surface area contributed by atoms with Crippen molar-refractivity contribution in [1.29, 1.82) is 0 Å². The molecule has 0 aromatic heterocycles. The summed E-state index contributed by atoms with van der Waals surface area (Å²) in [6, 6.07) is 12.8. The number of nitro benzene ring substituents is 1. The Hall–Kier alpha value is -2.64. The minimum absolute atomic E-state index is 0.135. The van der Waals surface area contributed by atoms with Crippen LogP contribution in [0, 0.1) is 10.1 Å². The van der Waals surface area contributed by atoms with Crippen LogP contribution >= 0.6 is 0 Å². The molecule has 1 aliphatic rings. The fourth-order valence-electron chi connectivity index (χ4n) is 3.41. The quantitative estimate of drug-likeness (QED) is 0.551. The van der Waals surface area contributed by atoms with Crippen LogP contribution in [0.5, 0.6) is 11.5 Å². The number of nitro groups is 1. The number of nitrogens with zero attached hydrogens (tertiary/aromatic N) is 3. The molecular formula is C20H25N3O4. The summed E-state index contributed by atoms with van der Waals surface area (Å²) in [5, 5.41) is 10.7. The summed E-state index contributed by atoms with van der Waals surface area (Å²) in [5.41, 5.74) is 2.36. The SMILES string of the molecule is COc1cccc(CN2CCN(Cc3ccc([N+](=O)[O-])cc3)CC2)c1OC. The Labute approximate surface area is 159 Å². The molecule has 1 fully saturated rings. The molecule has 0 amide bonds. The van der Waals surface area contributed by atoms with Crippen molar-refractivity contribution in [2.24, 2.45) is 0 Å². The fourth-order valence-corrected chi connectivity index (χ4v) is 3.41. The molecule has 7 heteroatoms. The first-order valence-electron chi connectivity index (χ1n) is 8.98. The number of methoxy groups -OCH3 is 2. The first kappa shape index (κ1) is 19.1. The van der Waals surface area contributed by atoms with E-state index < -0.39 is 0 Å². The molecule has 1 aliphatic heterocycles. The smallest absolute Gasteiger partial charge is 0.269 e. The van der Waals surface area contributed by atoms with Crippen LogP contribution in [0.15, 0.2) is 42.5 Å². The van der Waals surface area contributed by atoms with Crippen molar-refractivity contribution in [2.75, 3.05) is 40.4 Å². The topological polar surface area (TPSA) is 68.1 Å². The van der Waals surface area contributed by atoms with E-state index in [0.717, 1.165) is 61.9 Å². The second-order valence-corrected chi connectivity index (χ2v) is 6.63. The molecule has 0 N–H and O–H groups in total. The summed E-state index contributed by atoms with van der Waals surface area (Å²) in [5.74, 6) is 1.56. The van der Waals surface area contributed by atoms with Gasteiger partial charge < -0.3 is 9.47 Å². The van der Waals surface area contributed by atoms with E-state index in [-0.39, 0.29) is 10.6 Å². The molecule has 1 saturated heterocycles. The zero-order valence-corrected chi connectivity index (χ0v) is 15.8. The van der Waals surface area contributed by atoms with E-state index in [9.17, 15) is 10.1 Å². The zero-order chi connectivity index (χ0) is 19.2. The Kier molecular flexibility index (Phi) is 6.26. The van der Waals surface area contributed by atoms with Crippen molar-refractivity contribution < 1.29 is 14.4 Å². The monoisotopic (exact) mass is 371 g/mol. The van der Waals surface area contributed by atoms with Gasteiger partial charge in [-0.2, -0.15) is 0 Å². The van der Waals surface area contributed by atoms with Gasteiger partial charge in [-0.3, -0.25) is 19.9 Å². The standard InChI is InChI=1S/C20H25N3O4/c1-26-19-5-3-4-17(20(19)27-2)15-22-12-10-21(11-13-22)14-16-6-8-18(9-7-16)23(24)25/h3-9H,10-15H2,1-2H3. The van der Waals surface area contributed by atoms with Crippen molar-refractivity contribution in [3.05, 3.63) is 63.7 Å². The summed E-state index contributed by atoms with van der Waals surface area (Å²) in [4.78, 5) is 15.2. The van der Waals surface area contributed by atoms with Crippen LogP contribution in [0.4, 0.5) is 5.69 Å². The lowest BCUT2D eigenvalue weighted by Gasteiger charge is -2.35. The predicted molar refractivity (Wildman–Crippen MR) is 103 cm³/mol. The molecule has 7 nitrogen and oxygen atoms in total. The highest BCUT2D eigenvalue weighted by Crippen LogP contribution is 2.31. The second-order valence-electron chi connectivity index (χ2n) is 6.63. The molecule has 0 bridgehead atoms. The molecule has 0 spiro atoms. The average Bonchev–Trinajstić information content (AvgIpc) is 2.69. The van der Waals surface area contributed by atoms with E-state index in [1.165, 1.54) is 0 Å². The van der Waals surface area contributed by atoms with Crippen molar-refractivity contribution >= 4 is 5.69 Å². The van der Waals surface area contributed by atoms with Gasteiger partial charge in [0.25, 0.3) is 5.69 Å². The van der Waals surface area contributed by atoms with E-state index in [1.54, 1.807) is 26.4 Å². The molecule has 2 aromatic carbocycles. The van der Waals surface area contributed by atoms with Crippen molar-refractivity contribution in [3.63, 3.8) is 0 Å².